The van der Waals surface area contributed by atoms with Gasteiger partial charge in [-0.1, -0.05) is 62.7 Å². The molecule has 0 aliphatic heterocycles. The van der Waals surface area contributed by atoms with Gasteiger partial charge in [-0.2, -0.15) is 0 Å². The van der Waals surface area contributed by atoms with Crippen LogP contribution in [-0.2, 0) is 11.3 Å². The lowest BCUT2D eigenvalue weighted by atomic mass is 10.2. The fraction of sp³-hybridized carbons (Fsp3) is 0.375. The van der Waals surface area contributed by atoms with Gasteiger partial charge in [0.15, 0.2) is 0 Å². The average molecular weight is 454 g/mol. The molecule has 1 aromatic carbocycles. The Bertz CT molecular complexity index is 730. The molecule has 0 saturated heterocycles. The lowest BCUT2D eigenvalue weighted by Gasteiger charge is -2.06. The summed E-state index contributed by atoms with van der Waals surface area (Å²) < 4.78 is 6.97. The molecule has 0 spiro atoms. The summed E-state index contributed by atoms with van der Waals surface area (Å²) in [6, 6.07) is 5.55. The number of rotatable bonds is 6. The van der Waals surface area contributed by atoms with Gasteiger partial charge in [0, 0.05) is 29.0 Å². The fourth-order valence-electron chi connectivity index (χ4n) is 1.91. The van der Waals surface area contributed by atoms with Crippen molar-refractivity contribution in [2.45, 2.75) is 41.2 Å². The smallest absolute Gasteiger partial charge is 0.114 e. The average Bonchev–Trinajstić information content (AvgIpc) is 3.14. The van der Waals surface area contributed by atoms with Crippen molar-refractivity contribution in [2.75, 3.05) is 20.7 Å². The predicted molar refractivity (Wildman–Crippen MR) is 134 cm³/mol. The third kappa shape index (κ3) is 14.9. The van der Waals surface area contributed by atoms with E-state index in [1.807, 2.05) is 75.9 Å². The Morgan fingerprint density at radius 3 is 2.17 bits per heavy atom. The SMILES string of the molecule is C=C/C=C\C(=C/C)OC.CC.CCNC.Cc1nccn1Cc1cc(Cl)cc(Cl)c1. The number of nitrogens with one attached hydrogen (secondary N) is 1. The highest BCUT2D eigenvalue weighted by atomic mass is 35.5. The number of allylic oxidation sites excluding steroid dienone is 4. The van der Waals surface area contributed by atoms with E-state index in [0.717, 1.165) is 30.2 Å². The first-order valence-electron chi connectivity index (χ1n) is 9.98. The third-order valence-corrected chi connectivity index (χ3v) is 3.91. The van der Waals surface area contributed by atoms with Crippen LogP contribution in [0, 0.1) is 6.92 Å². The van der Waals surface area contributed by atoms with E-state index >= 15 is 0 Å². The Labute approximate surface area is 193 Å². The molecule has 1 heterocycles. The highest BCUT2D eigenvalue weighted by Gasteiger charge is 2.01. The van der Waals surface area contributed by atoms with Crippen molar-refractivity contribution in [3.05, 3.63) is 88.7 Å². The lowest BCUT2D eigenvalue weighted by molar-refractivity contribution is 0.306. The second kappa shape index (κ2) is 20.3. The maximum atomic E-state index is 5.92. The molecule has 1 N–H and O–H groups in total. The molecule has 0 amide bonds. The first-order chi connectivity index (χ1) is 14.4. The van der Waals surface area contributed by atoms with Crippen LogP contribution in [0.2, 0.25) is 10.0 Å². The first-order valence-corrected chi connectivity index (χ1v) is 10.7. The van der Waals surface area contributed by atoms with Gasteiger partial charge in [-0.15, -0.1) is 0 Å². The van der Waals surface area contributed by atoms with Gasteiger partial charge in [0.1, 0.15) is 11.6 Å². The minimum absolute atomic E-state index is 0.662. The van der Waals surface area contributed by atoms with E-state index in [4.69, 9.17) is 27.9 Å². The summed E-state index contributed by atoms with van der Waals surface area (Å²) in [5.74, 6) is 1.83. The Kier molecular flexibility index (Phi) is 20.4. The number of aryl methyl sites for hydroxylation is 1. The number of benzene rings is 1. The van der Waals surface area contributed by atoms with Gasteiger partial charge in [-0.25, -0.2) is 4.98 Å². The molecule has 2 rings (SSSR count). The molecule has 0 bridgehead atoms. The van der Waals surface area contributed by atoms with Gasteiger partial charge in [0.05, 0.1) is 7.11 Å². The van der Waals surface area contributed by atoms with E-state index in [-0.39, 0.29) is 0 Å². The van der Waals surface area contributed by atoms with Crippen molar-refractivity contribution in [1.29, 1.82) is 0 Å². The number of hydrogen-bond acceptors (Lipinski definition) is 3. The molecule has 0 radical (unpaired) electrons. The van der Waals surface area contributed by atoms with Crippen LogP contribution < -0.4 is 5.32 Å². The largest absolute Gasteiger partial charge is 0.497 e. The van der Waals surface area contributed by atoms with E-state index < -0.39 is 0 Å². The Morgan fingerprint density at radius 2 is 1.80 bits per heavy atom. The normalized spacial score (nSPS) is 10.1. The van der Waals surface area contributed by atoms with Crippen LogP contribution >= 0.6 is 23.2 Å². The second-order valence-corrected chi connectivity index (χ2v) is 6.45. The number of ether oxygens (including phenoxy) is 1. The van der Waals surface area contributed by atoms with Gasteiger partial charge < -0.3 is 14.6 Å². The van der Waals surface area contributed by atoms with Crippen LogP contribution in [0.25, 0.3) is 0 Å². The van der Waals surface area contributed by atoms with Gasteiger partial charge >= 0.3 is 0 Å². The topological polar surface area (TPSA) is 39.1 Å². The highest BCUT2D eigenvalue weighted by molar-refractivity contribution is 6.34. The summed E-state index contributed by atoms with van der Waals surface area (Å²) in [4.78, 5) is 4.15. The summed E-state index contributed by atoms with van der Waals surface area (Å²) >= 11 is 11.8. The minimum atomic E-state index is 0.662. The van der Waals surface area contributed by atoms with Crippen LogP contribution in [0.4, 0.5) is 0 Å². The zero-order chi connectivity index (χ0) is 23.4. The van der Waals surface area contributed by atoms with Crippen molar-refractivity contribution in [1.82, 2.24) is 14.9 Å². The molecule has 2 aromatic rings. The van der Waals surface area contributed by atoms with Crippen molar-refractivity contribution in [3.63, 3.8) is 0 Å². The standard InChI is InChI=1S/C11H10Cl2N2.C8H12O.C3H9N.C2H6/c1-8-14-2-3-15(8)7-9-4-10(12)6-11(13)5-9;1-4-6-7-8(5-2)9-3;1-3-4-2;1-2/h2-6H,7H2,1H3;4-7H,1H2,2-3H3;4H,3H2,1-2H3;1-2H3/b;7-6-,8-5+;;. The molecule has 1 aromatic heterocycles. The Hall–Kier alpha value is -2.01. The zero-order valence-corrected chi connectivity index (χ0v) is 20.9. The Morgan fingerprint density at radius 1 is 1.23 bits per heavy atom. The van der Waals surface area contributed by atoms with Crippen LogP contribution in [-0.4, -0.2) is 30.3 Å². The van der Waals surface area contributed by atoms with Gasteiger partial charge in [-0.3, -0.25) is 0 Å². The van der Waals surface area contributed by atoms with E-state index in [9.17, 15) is 0 Å². The van der Waals surface area contributed by atoms with Gasteiger partial charge in [0.25, 0.3) is 0 Å². The summed E-state index contributed by atoms with van der Waals surface area (Å²) in [7, 11) is 3.57. The molecule has 0 aliphatic carbocycles. The summed E-state index contributed by atoms with van der Waals surface area (Å²) in [5, 5.41) is 4.26. The number of hydrogen-bond donors (Lipinski definition) is 1. The maximum Gasteiger partial charge on any atom is 0.114 e. The van der Waals surface area contributed by atoms with Gasteiger partial charge in [0.2, 0.25) is 0 Å². The summed E-state index contributed by atoms with van der Waals surface area (Å²) in [6.07, 6.45) is 11.0. The zero-order valence-electron chi connectivity index (χ0n) is 19.4. The monoisotopic (exact) mass is 453 g/mol. The molecule has 0 unspecified atom stereocenters. The van der Waals surface area contributed by atoms with Crippen molar-refractivity contribution < 1.29 is 4.74 Å². The molecule has 0 fully saturated rings. The molecule has 4 nitrogen and oxygen atoms in total. The third-order valence-electron chi connectivity index (χ3n) is 3.47. The van der Waals surface area contributed by atoms with E-state index in [2.05, 4.69) is 23.8 Å². The van der Waals surface area contributed by atoms with Crippen molar-refractivity contribution in [2.24, 2.45) is 0 Å². The summed E-state index contributed by atoms with van der Waals surface area (Å²) in [5.41, 5.74) is 1.08. The number of imidazole rings is 1. The number of nitrogens with zero attached hydrogens (tertiary/aromatic N) is 2. The Balaban J connectivity index is 0. The summed E-state index contributed by atoms with van der Waals surface area (Å²) in [6.45, 7) is 15.3. The number of halogens is 2. The molecule has 30 heavy (non-hydrogen) atoms. The van der Waals surface area contributed by atoms with Crippen molar-refractivity contribution in [3.8, 4) is 0 Å². The molecular weight excluding hydrogens is 417 g/mol. The molecule has 6 heteroatoms. The van der Waals surface area contributed by atoms with Gasteiger partial charge in [-0.05, 0) is 63.4 Å². The first kappa shape index (κ1) is 30.2. The van der Waals surface area contributed by atoms with E-state index in [1.54, 1.807) is 25.4 Å². The molecule has 168 valence electrons. The fourth-order valence-corrected chi connectivity index (χ4v) is 2.49. The van der Waals surface area contributed by atoms with Crippen LogP contribution in [0.15, 0.2) is 67.2 Å². The predicted octanol–water partition coefficient (Wildman–Crippen LogP) is 7.08. The van der Waals surface area contributed by atoms with Crippen molar-refractivity contribution >= 4 is 23.2 Å². The maximum absolute atomic E-state index is 5.92. The molecule has 0 aliphatic rings. The number of methoxy groups -OCH3 is 1. The number of aromatic nitrogens is 2. The molecule has 0 atom stereocenters. The van der Waals surface area contributed by atoms with Crippen LogP contribution in [0.5, 0.6) is 0 Å². The van der Waals surface area contributed by atoms with E-state index in [0.29, 0.717) is 10.0 Å². The van der Waals surface area contributed by atoms with E-state index in [1.165, 1.54) is 0 Å². The molecule has 0 saturated carbocycles. The molecular formula is C24H37Cl2N3O. The van der Waals surface area contributed by atoms with Crippen LogP contribution in [0.3, 0.4) is 0 Å². The second-order valence-electron chi connectivity index (χ2n) is 5.58. The quantitative estimate of drug-likeness (QED) is 0.375. The highest BCUT2D eigenvalue weighted by Crippen LogP contribution is 2.19. The minimum Gasteiger partial charge on any atom is -0.497 e. The van der Waals surface area contributed by atoms with Crippen LogP contribution in [0.1, 0.15) is 39.1 Å². The lowest BCUT2D eigenvalue weighted by Crippen LogP contribution is -2.01.